The Morgan fingerprint density at radius 2 is 2.17 bits per heavy atom. The maximum Gasteiger partial charge on any atom is 0.407 e. The van der Waals surface area contributed by atoms with Crippen LogP contribution in [-0.2, 0) is 6.54 Å². The number of halogens is 3. The van der Waals surface area contributed by atoms with Crippen molar-refractivity contribution in [3.8, 4) is 11.6 Å². The standard InChI is InChI=1S/C14H13F3N4OS2/c1-3-21-11(9-5-4-6-22-9)19-20-13(21)24-10(14(15,16)17)12-18-8(2)7-23-12/h4-7,10H,3H2,1-2H3/t10-/m0/s1. The van der Waals surface area contributed by atoms with Crippen LogP contribution in [0.5, 0.6) is 0 Å². The normalized spacial score (nSPS) is 13.4. The van der Waals surface area contributed by atoms with Gasteiger partial charge in [-0.2, -0.15) is 13.2 Å². The summed E-state index contributed by atoms with van der Waals surface area (Å²) in [6.07, 6.45) is -2.96. The van der Waals surface area contributed by atoms with Crippen molar-refractivity contribution in [1.29, 1.82) is 0 Å². The smallest absolute Gasteiger partial charge is 0.407 e. The summed E-state index contributed by atoms with van der Waals surface area (Å²) in [5, 5.41) is 7.91. The molecule has 0 radical (unpaired) electrons. The first kappa shape index (κ1) is 17.0. The average Bonchev–Trinajstić information content (AvgIpc) is 3.23. The second kappa shape index (κ2) is 6.60. The van der Waals surface area contributed by atoms with Gasteiger partial charge in [0.1, 0.15) is 5.01 Å². The second-order valence-corrected chi connectivity index (χ2v) is 6.86. The fourth-order valence-electron chi connectivity index (χ4n) is 2.10. The molecule has 0 amide bonds. The zero-order chi connectivity index (χ0) is 17.3. The van der Waals surface area contributed by atoms with Crippen molar-refractivity contribution in [3.63, 3.8) is 0 Å². The van der Waals surface area contributed by atoms with Gasteiger partial charge in [0, 0.05) is 17.6 Å². The van der Waals surface area contributed by atoms with Gasteiger partial charge in [0.25, 0.3) is 0 Å². The molecule has 10 heteroatoms. The predicted molar refractivity (Wildman–Crippen MR) is 84.9 cm³/mol. The van der Waals surface area contributed by atoms with Crippen molar-refractivity contribution in [2.75, 3.05) is 0 Å². The molecule has 0 saturated carbocycles. The fourth-order valence-corrected chi connectivity index (χ4v) is 4.14. The highest BCUT2D eigenvalue weighted by molar-refractivity contribution is 7.99. The van der Waals surface area contributed by atoms with Gasteiger partial charge in [0.05, 0.1) is 6.26 Å². The van der Waals surface area contributed by atoms with E-state index in [-0.39, 0.29) is 10.2 Å². The summed E-state index contributed by atoms with van der Waals surface area (Å²) in [7, 11) is 0. The Hall–Kier alpha value is -1.81. The largest absolute Gasteiger partial charge is 0.461 e. The van der Waals surface area contributed by atoms with Crippen molar-refractivity contribution < 1.29 is 17.6 Å². The van der Waals surface area contributed by atoms with Gasteiger partial charge in [-0.1, -0.05) is 11.8 Å². The Morgan fingerprint density at radius 3 is 2.71 bits per heavy atom. The molecule has 128 valence electrons. The first-order valence-corrected chi connectivity index (χ1v) is 8.78. The van der Waals surface area contributed by atoms with Gasteiger partial charge < -0.3 is 4.42 Å². The van der Waals surface area contributed by atoms with Gasteiger partial charge in [-0.15, -0.1) is 21.5 Å². The SMILES string of the molecule is CCn1c(S[C@@H](c2nc(C)cs2)C(F)(F)F)nnc1-c1ccco1. The molecule has 0 saturated heterocycles. The number of thioether (sulfide) groups is 1. The Kier molecular flexibility index (Phi) is 4.68. The summed E-state index contributed by atoms with van der Waals surface area (Å²) in [6, 6.07) is 3.38. The zero-order valence-electron chi connectivity index (χ0n) is 12.7. The van der Waals surface area contributed by atoms with Crippen molar-refractivity contribution in [1.82, 2.24) is 19.7 Å². The predicted octanol–water partition coefficient (Wildman–Crippen LogP) is 4.72. The van der Waals surface area contributed by atoms with Crippen molar-refractivity contribution in [2.45, 2.75) is 37.0 Å². The van der Waals surface area contributed by atoms with Crippen molar-refractivity contribution in [2.24, 2.45) is 0 Å². The van der Waals surface area contributed by atoms with Gasteiger partial charge in [-0.25, -0.2) is 4.98 Å². The number of alkyl halides is 3. The quantitative estimate of drug-likeness (QED) is 0.605. The van der Waals surface area contributed by atoms with Crippen LogP contribution in [0.4, 0.5) is 13.2 Å². The van der Waals surface area contributed by atoms with E-state index in [0.29, 0.717) is 35.6 Å². The van der Waals surface area contributed by atoms with Gasteiger partial charge >= 0.3 is 6.18 Å². The summed E-state index contributed by atoms with van der Waals surface area (Å²) in [4.78, 5) is 3.99. The van der Waals surface area contributed by atoms with E-state index in [4.69, 9.17) is 4.42 Å². The molecule has 0 spiro atoms. The highest BCUT2D eigenvalue weighted by Gasteiger charge is 2.44. The molecule has 3 heterocycles. The summed E-state index contributed by atoms with van der Waals surface area (Å²) in [5.41, 5.74) is 0.568. The Bertz CT molecular complexity index is 810. The number of aryl methyl sites for hydroxylation is 1. The monoisotopic (exact) mass is 374 g/mol. The third-order valence-corrected chi connectivity index (χ3v) is 5.57. The van der Waals surface area contributed by atoms with Gasteiger partial charge in [0.2, 0.25) is 0 Å². The molecular weight excluding hydrogens is 361 g/mol. The van der Waals surface area contributed by atoms with Crippen LogP contribution in [0, 0.1) is 6.92 Å². The summed E-state index contributed by atoms with van der Waals surface area (Å²) >= 11 is 1.60. The lowest BCUT2D eigenvalue weighted by Gasteiger charge is -2.17. The minimum Gasteiger partial charge on any atom is -0.461 e. The van der Waals surface area contributed by atoms with E-state index < -0.39 is 11.4 Å². The molecule has 1 atom stereocenters. The molecule has 0 aliphatic rings. The molecule has 5 nitrogen and oxygen atoms in total. The molecule has 0 aliphatic carbocycles. The molecule has 3 rings (SSSR count). The molecule has 0 aromatic carbocycles. The molecule has 0 unspecified atom stereocenters. The molecule has 3 aromatic heterocycles. The fraction of sp³-hybridized carbons (Fsp3) is 0.357. The average molecular weight is 374 g/mol. The van der Waals surface area contributed by atoms with Crippen LogP contribution in [0.3, 0.4) is 0 Å². The third kappa shape index (κ3) is 3.34. The topological polar surface area (TPSA) is 56.7 Å². The number of nitrogens with zero attached hydrogens (tertiary/aromatic N) is 4. The number of furan rings is 1. The van der Waals surface area contributed by atoms with Crippen LogP contribution < -0.4 is 0 Å². The highest BCUT2D eigenvalue weighted by Crippen LogP contribution is 2.47. The highest BCUT2D eigenvalue weighted by atomic mass is 32.2. The minimum atomic E-state index is -4.44. The maximum atomic E-state index is 13.5. The van der Waals surface area contributed by atoms with Crippen LogP contribution in [0.15, 0.2) is 33.3 Å². The number of rotatable bonds is 5. The van der Waals surface area contributed by atoms with E-state index in [1.807, 2.05) is 6.92 Å². The van der Waals surface area contributed by atoms with Crippen LogP contribution >= 0.6 is 23.1 Å². The zero-order valence-corrected chi connectivity index (χ0v) is 14.4. The van der Waals surface area contributed by atoms with E-state index in [1.54, 1.807) is 29.0 Å². The number of thiazole rings is 1. The van der Waals surface area contributed by atoms with E-state index >= 15 is 0 Å². The lowest BCUT2D eigenvalue weighted by Crippen LogP contribution is -2.18. The lowest BCUT2D eigenvalue weighted by atomic mass is 10.4. The Balaban J connectivity index is 1.96. The molecule has 3 aromatic rings. The van der Waals surface area contributed by atoms with Crippen LogP contribution in [0.25, 0.3) is 11.6 Å². The van der Waals surface area contributed by atoms with E-state index in [1.165, 1.54) is 6.26 Å². The summed E-state index contributed by atoms with van der Waals surface area (Å²) in [5.74, 6) is 0.867. The minimum absolute atomic E-state index is 0.00945. The first-order valence-electron chi connectivity index (χ1n) is 7.02. The van der Waals surface area contributed by atoms with Gasteiger partial charge in [-0.05, 0) is 26.0 Å². The van der Waals surface area contributed by atoms with Gasteiger partial charge in [0.15, 0.2) is 22.0 Å². The molecular formula is C14H13F3N4OS2. The molecule has 0 bridgehead atoms. The molecule has 0 N–H and O–H groups in total. The third-order valence-electron chi connectivity index (χ3n) is 3.16. The second-order valence-electron chi connectivity index (χ2n) is 4.89. The van der Waals surface area contributed by atoms with Crippen LogP contribution in [0.1, 0.15) is 22.9 Å². The Morgan fingerprint density at radius 1 is 1.38 bits per heavy atom. The Labute approximate surface area is 143 Å². The van der Waals surface area contributed by atoms with E-state index in [0.717, 1.165) is 11.3 Å². The summed E-state index contributed by atoms with van der Waals surface area (Å²) in [6.45, 7) is 3.91. The van der Waals surface area contributed by atoms with E-state index in [9.17, 15) is 13.2 Å². The van der Waals surface area contributed by atoms with Crippen molar-refractivity contribution >= 4 is 23.1 Å². The summed E-state index contributed by atoms with van der Waals surface area (Å²) < 4.78 is 47.3. The maximum absolute atomic E-state index is 13.5. The van der Waals surface area contributed by atoms with Crippen LogP contribution in [-0.4, -0.2) is 25.9 Å². The van der Waals surface area contributed by atoms with Crippen LogP contribution in [0.2, 0.25) is 0 Å². The van der Waals surface area contributed by atoms with Gasteiger partial charge in [-0.3, -0.25) is 4.57 Å². The number of hydrogen-bond donors (Lipinski definition) is 0. The van der Waals surface area contributed by atoms with E-state index in [2.05, 4.69) is 15.2 Å². The molecule has 0 aliphatic heterocycles. The number of aromatic nitrogens is 4. The lowest BCUT2D eigenvalue weighted by molar-refractivity contribution is -0.129. The molecule has 24 heavy (non-hydrogen) atoms. The first-order chi connectivity index (χ1) is 11.4. The number of hydrogen-bond acceptors (Lipinski definition) is 6. The molecule has 0 fully saturated rings. The van der Waals surface area contributed by atoms with Crippen molar-refractivity contribution in [3.05, 3.63) is 34.5 Å².